The molecule has 0 amide bonds. The van der Waals surface area contributed by atoms with Gasteiger partial charge in [0.15, 0.2) is 0 Å². The van der Waals surface area contributed by atoms with Crippen LogP contribution < -0.4 is 0 Å². The molecule has 0 bridgehead atoms. The Morgan fingerprint density at radius 2 is 0.463 bits per heavy atom. The van der Waals surface area contributed by atoms with Gasteiger partial charge in [-0.15, -0.1) is 12.4 Å². The van der Waals surface area contributed by atoms with E-state index < -0.39 is 0 Å². The second-order valence-electron chi connectivity index (χ2n) is 13.8. The number of unbranched alkanes of at least 4 members (excludes halogenated alkanes) is 30. The molecular weight excluding hydrogens is 518 g/mol. The number of hydrogen-bond donors (Lipinski definition) is 0. The van der Waals surface area contributed by atoms with Crippen LogP contribution in [-0.4, -0.2) is 25.0 Å². The molecule has 0 fully saturated rings. The van der Waals surface area contributed by atoms with Gasteiger partial charge in [-0.25, -0.2) is 0 Å². The maximum atomic E-state index is 2.51. The van der Waals surface area contributed by atoms with E-state index in [0.717, 1.165) is 6.04 Å². The fraction of sp³-hybridized carbons (Fsp3) is 1.00. The van der Waals surface area contributed by atoms with Gasteiger partial charge in [-0.1, -0.05) is 219 Å². The molecule has 1 nitrogen and oxygen atoms in total. The predicted molar refractivity (Wildman–Crippen MR) is 193 cm³/mol. The van der Waals surface area contributed by atoms with Crippen LogP contribution in [0.1, 0.15) is 232 Å². The van der Waals surface area contributed by atoms with E-state index in [1.54, 1.807) is 0 Å². The van der Waals surface area contributed by atoms with Crippen LogP contribution in [0, 0.1) is 0 Å². The molecule has 2 heteroatoms. The minimum Gasteiger partial charge on any atom is -0.306 e. The minimum absolute atomic E-state index is 0. The maximum absolute atomic E-state index is 2.51. The molecule has 0 aliphatic heterocycles. The van der Waals surface area contributed by atoms with Crippen molar-refractivity contribution in [3.63, 3.8) is 0 Å². The zero-order chi connectivity index (χ0) is 29.2. The van der Waals surface area contributed by atoms with Gasteiger partial charge in [-0.2, -0.15) is 0 Å². The first-order valence-corrected chi connectivity index (χ1v) is 19.4. The summed E-state index contributed by atoms with van der Waals surface area (Å²) in [7, 11) is 4.62. The highest BCUT2D eigenvalue weighted by molar-refractivity contribution is 5.85. The first-order chi connectivity index (χ1) is 19.7. The Kier molecular flexibility index (Phi) is 40.5. The monoisotopic (exact) mass is 600 g/mol. The van der Waals surface area contributed by atoms with Crippen molar-refractivity contribution in [3.8, 4) is 0 Å². The quantitative estimate of drug-likeness (QED) is 0.0654. The second kappa shape index (κ2) is 38.3. The van der Waals surface area contributed by atoms with Crippen molar-refractivity contribution >= 4 is 12.4 Å². The van der Waals surface area contributed by atoms with Crippen molar-refractivity contribution < 1.29 is 0 Å². The van der Waals surface area contributed by atoms with Crippen LogP contribution >= 0.6 is 12.4 Å². The lowest BCUT2D eigenvalue weighted by Crippen LogP contribution is -2.27. The molecule has 0 aliphatic rings. The Bertz CT molecular complexity index is 401. The summed E-state index contributed by atoms with van der Waals surface area (Å²) in [6, 6.07) is 0.818. The molecule has 0 saturated heterocycles. The van der Waals surface area contributed by atoms with Crippen LogP contribution in [0.2, 0.25) is 0 Å². The molecule has 0 unspecified atom stereocenters. The first kappa shape index (κ1) is 43.4. The van der Waals surface area contributed by atoms with Crippen LogP contribution in [0.5, 0.6) is 0 Å². The first-order valence-electron chi connectivity index (χ1n) is 19.4. The molecule has 41 heavy (non-hydrogen) atoms. The summed E-state index contributed by atoms with van der Waals surface area (Å²) in [6.07, 6.45) is 49.8. The average molecular weight is 601 g/mol. The Hall–Kier alpha value is 0.250. The summed E-state index contributed by atoms with van der Waals surface area (Å²) in [5, 5.41) is 0. The SMILES string of the molecule is CCCCCCCCCCCCCCCCCCC(CCCCCCCCCCCCCCCCCC)N(C)C.Cl. The Balaban J connectivity index is 0. The van der Waals surface area contributed by atoms with Gasteiger partial charge in [-0.05, 0) is 26.9 Å². The van der Waals surface area contributed by atoms with Crippen molar-refractivity contribution in [2.75, 3.05) is 14.1 Å². The van der Waals surface area contributed by atoms with E-state index in [4.69, 9.17) is 0 Å². The van der Waals surface area contributed by atoms with E-state index in [9.17, 15) is 0 Å². The Morgan fingerprint density at radius 1 is 0.293 bits per heavy atom. The molecule has 0 heterocycles. The smallest absolute Gasteiger partial charge is 0.00891 e. The van der Waals surface area contributed by atoms with E-state index in [2.05, 4.69) is 32.8 Å². The van der Waals surface area contributed by atoms with Gasteiger partial charge in [0, 0.05) is 6.04 Å². The zero-order valence-electron chi connectivity index (χ0n) is 29.5. The molecule has 0 radical (unpaired) electrons. The molecule has 0 aromatic rings. The van der Waals surface area contributed by atoms with Crippen LogP contribution in [0.25, 0.3) is 0 Å². The van der Waals surface area contributed by atoms with Crippen LogP contribution in [0.15, 0.2) is 0 Å². The largest absolute Gasteiger partial charge is 0.306 e. The molecular formula is C39H82ClN. The van der Waals surface area contributed by atoms with Crippen LogP contribution in [-0.2, 0) is 0 Å². The Morgan fingerprint density at radius 3 is 0.634 bits per heavy atom. The second-order valence-corrected chi connectivity index (χ2v) is 13.8. The molecule has 0 aromatic heterocycles. The third-order valence-corrected chi connectivity index (χ3v) is 9.51. The van der Waals surface area contributed by atoms with E-state index in [1.807, 2.05) is 0 Å². The third-order valence-electron chi connectivity index (χ3n) is 9.51. The summed E-state index contributed by atoms with van der Waals surface area (Å²) in [5.41, 5.74) is 0. The van der Waals surface area contributed by atoms with Crippen LogP contribution in [0.3, 0.4) is 0 Å². The van der Waals surface area contributed by atoms with E-state index in [-0.39, 0.29) is 12.4 Å². The average Bonchev–Trinajstić information content (AvgIpc) is 2.95. The molecule has 0 N–H and O–H groups in total. The topological polar surface area (TPSA) is 3.24 Å². The summed E-state index contributed by atoms with van der Waals surface area (Å²) >= 11 is 0. The molecule has 0 spiro atoms. The summed E-state index contributed by atoms with van der Waals surface area (Å²) in [6.45, 7) is 4.62. The van der Waals surface area contributed by atoms with Crippen molar-refractivity contribution in [1.82, 2.24) is 4.90 Å². The lowest BCUT2D eigenvalue weighted by molar-refractivity contribution is 0.251. The zero-order valence-corrected chi connectivity index (χ0v) is 30.3. The number of nitrogens with zero attached hydrogens (tertiary/aromatic N) is 1. The predicted octanol–water partition coefficient (Wildman–Crippen LogP) is 14.6. The van der Waals surface area contributed by atoms with Gasteiger partial charge in [0.1, 0.15) is 0 Å². The highest BCUT2D eigenvalue weighted by atomic mass is 35.5. The lowest BCUT2D eigenvalue weighted by atomic mass is 9.99. The number of rotatable bonds is 35. The van der Waals surface area contributed by atoms with Crippen LogP contribution in [0.4, 0.5) is 0 Å². The minimum atomic E-state index is 0. The highest BCUT2D eigenvalue weighted by Gasteiger charge is 2.10. The fourth-order valence-corrected chi connectivity index (χ4v) is 6.52. The molecule has 0 saturated carbocycles. The van der Waals surface area contributed by atoms with Crippen molar-refractivity contribution in [2.45, 2.75) is 238 Å². The number of hydrogen-bond acceptors (Lipinski definition) is 1. The summed E-state index contributed by atoms with van der Waals surface area (Å²) in [4.78, 5) is 2.51. The van der Waals surface area contributed by atoms with Gasteiger partial charge < -0.3 is 4.90 Å². The van der Waals surface area contributed by atoms with Crippen molar-refractivity contribution in [3.05, 3.63) is 0 Å². The van der Waals surface area contributed by atoms with Crippen molar-refractivity contribution in [2.24, 2.45) is 0 Å². The third kappa shape index (κ3) is 36.3. The lowest BCUT2D eigenvalue weighted by Gasteiger charge is -2.24. The van der Waals surface area contributed by atoms with E-state index in [1.165, 1.54) is 218 Å². The molecule has 0 aliphatic carbocycles. The van der Waals surface area contributed by atoms with E-state index in [0.29, 0.717) is 0 Å². The summed E-state index contributed by atoms with van der Waals surface area (Å²) < 4.78 is 0. The molecule has 0 atom stereocenters. The maximum Gasteiger partial charge on any atom is 0.00891 e. The van der Waals surface area contributed by atoms with Gasteiger partial charge in [-0.3, -0.25) is 0 Å². The highest BCUT2D eigenvalue weighted by Crippen LogP contribution is 2.19. The standard InChI is InChI=1S/C39H81N.ClH/c1-5-7-9-11-13-15-17-19-21-23-25-27-29-31-33-35-37-39(40(3)4)38-36-34-32-30-28-26-24-22-20-18-16-14-12-10-8-6-2;/h39H,5-38H2,1-4H3;1H. The fourth-order valence-electron chi connectivity index (χ4n) is 6.52. The summed E-state index contributed by atoms with van der Waals surface area (Å²) in [5.74, 6) is 0. The van der Waals surface area contributed by atoms with Gasteiger partial charge in [0.25, 0.3) is 0 Å². The van der Waals surface area contributed by atoms with Gasteiger partial charge in [0.2, 0.25) is 0 Å². The van der Waals surface area contributed by atoms with Gasteiger partial charge >= 0.3 is 0 Å². The molecule has 250 valence electrons. The van der Waals surface area contributed by atoms with E-state index >= 15 is 0 Å². The van der Waals surface area contributed by atoms with Crippen molar-refractivity contribution in [1.29, 1.82) is 0 Å². The molecule has 0 aromatic carbocycles. The number of halogens is 1. The Labute approximate surface area is 269 Å². The molecule has 0 rings (SSSR count). The normalized spacial score (nSPS) is 11.6. The van der Waals surface area contributed by atoms with Gasteiger partial charge in [0.05, 0.1) is 0 Å².